The van der Waals surface area contributed by atoms with E-state index in [1.165, 1.54) is 31.5 Å². The number of fused-ring (bicyclic) bond motifs is 2. The molecule has 1 N–H and O–H groups in total. The van der Waals surface area contributed by atoms with Gasteiger partial charge < -0.3 is 4.74 Å². The number of sulfone groups is 1. The smallest absolute Gasteiger partial charge is 0.241 e. The largest absolute Gasteiger partial charge is 0.455 e. The Morgan fingerprint density at radius 1 is 1.03 bits per heavy atom. The standard InChI is InChI=1S/C19H15FN2O5S2/c1-12-8-16-19(28(23,24)18-9-14(20)2-3-15(18)27-16)10-17(12)29(25,26)22-11-13-4-6-21-7-5-13/h2-10,22H,11H2,1H3. The van der Waals surface area contributed by atoms with Crippen molar-refractivity contribution in [2.24, 2.45) is 0 Å². The molecule has 1 aliphatic rings. The Labute approximate surface area is 167 Å². The molecule has 2 aromatic carbocycles. The van der Waals surface area contributed by atoms with Crippen LogP contribution in [-0.4, -0.2) is 21.8 Å². The quantitative estimate of drug-likeness (QED) is 0.530. The van der Waals surface area contributed by atoms with Crippen LogP contribution in [0.4, 0.5) is 4.39 Å². The Morgan fingerprint density at radius 2 is 1.72 bits per heavy atom. The van der Waals surface area contributed by atoms with Crippen LogP contribution in [0, 0.1) is 12.7 Å². The van der Waals surface area contributed by atoms with Crippen LogP contribution in [0.5, 0.6) is 11.5 Å². The van der Waals surface area contributed by atoms with Gasteiger partial charge in [0.05, 0.1) is 4.90 Å². The number of sulfonamides is 1. The number of benzene rings is 2. The zero-order chi connectivity index (χ0) is 20.8. The van der Waals surface area contributed by atoms with Crippen LogP contribution in [0.3, 0.4) is 0 Å². The predicted octanol–water partition coefficient (Wildman–Crippen LogP) is 2.95. The summed E-state index contributed by atoms with van der Waals surface area (Å²) in [7, 11) is -8.18. The summed E-state index contributed by atoms with van der Waals surface area (Å²) in [5, 5.41) is 0. The van der Waals surface area contributed by atoms with Crippen molar-refractivity contribution >= 4 is 19.9 Å². The fourth-order valence-electron chi connectivity index (χ4n) is 2.99. The highest BCUT2D eigenvalue weighted by molar-refractivity contribution is 7.92. The monoisotopic (exact) mass is 434 g/mol. The number of halogens is 1. The van der Waals surface area contributed by atoms with E-state index in [-0.39, 0.29) is 32.7 Å². The lowest BCUT2D eigenvalue weighted by Gasteiger charge is -2.22. The summed E-state index contributed by atoms with van der Waals surface area (Å²) in [6, 6.07) is 8.87. The third-order valence-corrected chi connectivity index (χ3v) is 7.79. The van der Waals surface area contributed by atoms with E-state index in [4.69, 9.17) is 4.74 Å². The summed E-state index contributed by atoms with van der Waals surface area (Å²) in [6.07, 6.45) is 3.07. The fourth-order valence-corrected chi connectivity index (χ4v) is 5.85. The van der Waals surface area contributed by atoms with Crippen LogP contribution in [0.2, 0.25) is 0 Å². The van der Waals surface area contributed by atoms with Crippen molar-refractivity contribution in [3.63, 3.8) is 0 Å². The number of hydrogen-bond donors (Lipinski definition) is 1. The van der Waals surface area contributed by atoms with Gasteiger partial charge in [0, 0.05) is 18.9 Å². The van der Waals surface area contributed by atoms with Gasteiger partial charge in [0.25, 0.3) is 0 Å². The van der Waals surface area contributed by atoms with Crippen LogP contribution >= 0.6 is 0 Å². The zero-order valence-electron chi connectivity index (χ0n) is 15.1. The SMILES string of the molecule is Cc1cc2c(cc1S(=O)(=O)NCc1ccncc1)S(=O)(=O)c1cc(F)ccc1O2. The van der Waals surface area contributed by atoms with E-state index in [1.54, 1.807) is 12.1 Å². The third-order valence-electron chi connectivity index (χ3n) is 4.45. The molecule has 7 nitrogen and oxygen atoms in total. The molecule has 0 spiro atoms. The van der Waals surface area contributed by atoms with Crippen molar-refractivity contribution in [1.29, 1.82) is 0 Å². The number of hydrogen-bond acceptors (Lipinski definition) is 6. The molecule has 3 aromatic rings. The highest BCUT2D eigenvalue weighted by atomic mass is 32.2. The number of pyridine rings is 1. The molecule has 0 saturated heterocycles. The predicted molar refractivity (Wildman–Crippen MR) is 101 cm³/mol. The van der Waals surface area contributed by atoms with Crippen LogP contribution in [0.1, 0.15) is 11.1 Å². The van der Waals surface area contributed by atoms with Gasteiger partial charge in [-0.25, -0.2) is 25.9 Å². The van der Waals surface area contributed by atoms with Crippen molar-refractivity contribution in [2.75, 3.05) is 0 Å². The topological polar surface area (TPSA) is 102 Å². The van der Waals surface area contributed by atoms with Gasteiger partial charge in [0.1, 0.15) is 27.1 Å². The second-order valence-corrected chi connectivity index (χ2v) is 10.1. The number of aromatic nitrogens is 1. The summed E-state index contributed by atoms with van der Waals surface area (Å²) >= 11 is 0. The fraction of sp³-hybridized carbons (Fsp3) is 0.105. The van der Waals surface area contributed by atoms with Crippen molar-refractivity contribution in [1.82, 2.24) is 9.71 Å². The van der Waals surface area contributed by atoms with Crippen LogP contribution in [-0.2, 0) is 26.4 Å². The van der Waals surface area contributed by atoms with Crippen LogP contribution in [0.25, 0.3) is 0 Å². The van der Waals surface area contributed by atoms with Crippen molar-refractivity contribution in [3.05, 3.63) is 71.8 Å². The first-order chi connectivity index (χ1) is 13.7. The van der Waals surface area contributed by atoms with Gasteiger partial charge in [0.2, 0.25) is 19.9 Å². The van der Waals surface area contributed by atoms with Gasteiger partial charge in [0.15, 0.2) is 0 Å². The maximum absolute atomic E-state index is 13.6. The maximum atomic E-state index is 13.6. The molecule has 0 aliphatic carbocycles. The molecule has 0 unspecified atom stereocenters. The van der Waals surface area contributed by atoms with E-state index in [0.717, 1.165) is 18.2 Å². The molecular formula is C19H15FN2O5S2. The summed E-state index contributed by atoms with van der Waals surface area (Å²) < 4.78 is 73.1. The van der Waals surface area contributed by atoms with Crippen LogP contribution < -0.4 is 9.46 Å². The average Bonchev–Trinajstić information content (AvgIpc) is 2.67. The summed E-state index contributed by atoms with van der Waals surface area (Å²) in [5.41, 5.74) is 1.01. The first-order valence-corrected chi connectivity index (χ1v) is 11.4. The Morgan fingerprint density at radius 3 is 2.45 bits per heavy atom. The minimum atomic E-state index is -4.16. The van der Waals surface area contributed by atoms with Gasteiger partial charge in [-0.05, 0) is 60.5 Å². The van der Waals surface area contributed by atoms with E-state index in [1.807, 2.05) is 0 Å². The lowest BCUT2D eigenvalue weighted by atomic mass is 10.2. The van der Waals surface area contributed by atoms with E-state index >= 15 is 0 Å². The number of nitrogens with zero attached hydrogens (tertiary/aromatic N) is 1. The minimum Gasteiger partial charge on any atom is -0.455 e. The molecule has 150 valence electrons. The van der Waals surface area contributed by atoms with Gasteiger partial charge in [-0.3, -0.25) is 4.98 Å². The molecule has 0 saturated carbocycles. The Balaban J connectivity index is 1.76. The molecular weight excluding hydrogens is 419 g/mol. The molecule has 0 radical (unpaired) electrons. The van der Waals surface area contributed by atoms with E-state index in [0.29, 0.717) is 11.1 Å². The zero-order valence-corrected chi connectivity index (χ0v) is 16.7. The lowest BCUT2D eigenvalue weighted by Crippen LogP contribution is -2.24. The second kappa shape index (κ2) is 6.90. The van der Waals surface area contributed by atoms with Gasteiger partial charge in [-0.1, -0.05) is 0 Å². The Kier molecular flexibility index (Phi) is 4.64. The van der Waals surface area contributed by atoms with Crippen molar-refractivity contribution in [3.8, 4) is 11.5 Å². The molecule has 0 amide bonds. The van der Waals surface area contributed by atoms with E-state index in [2.05, 4.69) is 9.71 Å². The molecule has 1 aliphatic heterocycles. The van der Waals surface area contributed by atoms with Crippen molar-refractivity contribution in [2.45, 2.75) is 28.2 Å². The second-order valence-electron chi connectivity index (χ2n) is 6.44. The van der Waals surface area contributed by atoms with E-state index < -0.39 is 25.7 Å². The lowest BCUT2D eigenvalue weighted by molar-refractivity contribution is 0.438. The number of ether oxygens (including phenoxy) is 1. The first kappa shape index (κ1) is 19.5. The summed E-state index contributed by atoms with van der Waals surface area (Å²) in [4.78, 5) is 3.00. The first-order valence-electron chi connectivity index (χ1n) is 8.44. The third kappa shape index (κ3) is 3.50. The molecule has 0 atom stereocenters. The highest BCUT2D eigenvalue weighted by Crippen LogP contribution is 2.44. The molecule has 2 heterocycles. The maximum Gasteiger partial charge on any atom is 0.241 e. The minimum absolute atomic E-state index is 0.00491. The van der Waals surface area contributed by atoms with Crippen LogP contribution in [0.15, 0.2) is 69.5 Å². The number of nitrogens with one attached hydrogen (secondary N) is 1. The van der Waals surface area contributed by atoms with Gasteiger partial charge in [-0.2, -0.15) is 0 Å². The van der Waals surface area contributed by atoms with Crippen molar-refractivity contribution < 1.29 is 26.0 Å². The van der Waals surface area contributed by atoms with E-state index in [9.17, 15) is 21.2 Å². The molecule has 10 heteroatoms. The summed E-state index contributed by atoms with van der Waals surface area (Å²) in [5.74, 6) is -0.752. The van der Waals surface area contributed by atoms with Gasteiger partial charge >= 0.3 is 0 Å². The summed E-state index contributed by atoms with van der Waals surface area (Å²) in [6.45, 7) is 1.55. The average molecular weight is 434 g/mol. The number of aryl methyl sites for hydroxylation is 1. The highest BCUT2D eigenvalue weighted by Gasteiger charge is 2.34. The van der Waals surface area contributed by atoms with Gasteiger partial charge in [-0.15, -0.1) is 0 Å². The normalized spacial score (nSPS) is 14.6. The molecule has 1 aromatic heterocycles. The Hall–Kier alpha value is -2.82. The molecule has 29 heavy (non-hydrogen) atoms. The molecule has 4 rings (SSSR count). The Bertz CT molecular complexity index is 1320. The molecule has 0 fully saturated rings. The number of rotatable bonds is 4. The molecule has 0 bridgehead atoms.